The number of nitrogens with one attached hydrogen (secondary N) is 1. The van der Waals surface area contributed by atoms with Gasteiger partial charge >= 0.3 is 0 Å². The van der Waals surface area contributed by atoms with Crippen molar-refractivity contribution in [3.8, 4) is 0 Å². The normalized spacial score (nSPS) is 10.2. The van der Waals surface area contributed by atoms with Crippen LogP contribution in [0.1, 0.15) is 32.3 Å². The van der Waals surface area contributed by atoms with Crippen LogP contribution in [0.3, 0.4) is 0 Å². The number of benzene rings is 1. The van der Waals surface area contributed by atoms with Crippen LogP contribution in [0, 0.1) is 0 Å². The minimum Gasteiger partial charge on any atom is -0.326 e. The fourth-order valence-electron chi connectivity index (χ4n) is 1.30. The number of anilines is 1. The molecule has 0 unspecified atom stereocenters. The minimum atomic E-state index is -0.0203. The summed E-state index contributed by atoms with van der Waals surface area (Å²) < 4.78 is 0. The molecule has 0 atom stereocenters. The Labute approximate surface area is 79.0 Å². The Hall–Kier alpha value is -1.31. The summed E-state index contributed by atoms with van der Waals surface area (Å²) in [6.07, 6.45) is 0. The van der Waals surface area contributed by atoms with Crippen molar-refractivity contribution in [1.29, 1.82) is 0 Å². The largest absolute Gasteiger partial charge is 0.326 e. The summed E-state index contributed by atoms with van der Waals surface area (Å²) in [6.45, 7) is 5.75. The van der Waals surface area contributed by atoms with Gasteiger partial charge in [-0.3, -0.25) is 4.79 Å². The Morgan fingerprint density at radius 1 is 1.31 bits per heavy atom. The van der Waals surface area contributed by atoms with Gasteiger partial charge in [0.2, 0.25) is 5.91 Å². The molecule has 1 aromatic carbocycles. The number of amides is 1. The SMILES string of the molecule is CC(=O)Nc1ccccc1C(C)C. The molecule has 0 saturated heterocycles. The van der Waals surface area contributed by atoms with Gasteiger partial charge in [-0.1, -0.05) is 32.0 Å². The van der Waals surface area contributed by atoms with E-state index in [-0.39, 0.29) is 5.91 Å². The van der Waals surface area contributed by atoms with Crippen LogP contribution in [-0.4, -0.2) is 5.91 Å². The number of hydrogen-bond acceptors (Lipinski definition) is 1. The van der Waals surface area contributed by atoms with Crippen molar-refractivity contribution in [3.05, 3.63) is 29.8 Å². The molecule has 0 bridgehead atoms. The van der Waals surface area contributed by atoms with E-state index in [2.05, 4.69) is 19.2 Å². The summed E-state index contributed by atoms with van der Waals surface area (Å²) in [6, 6.07) is 7.88. The first-order chi connectivity index (χ1) is 6.11. The van der Waals surface area contributed by atoms with Crippen LogP contribution in [0.5, 0.6) is 0 Å². The molecule has 2 heteroatoms. The van der Waals surface area contributed by atoms with E-state index in [9.17, 15) is 4.79 Å². The van der Waals surface area contributed by atoms with Crippen molar-refractivity contribution in [2.45, 2.75) is 26.7 Å². The van der Waals surface area contributed by atoms with Gasteiger partial charge in [-0.25, -0.2) is 0 Å². The maximum Gasteiger partial charge on any atom is 0.221 e. The molecule has 1 amide bonds. The monoisotopic (exact) mass is 177 g/mol. The first-order valence-electron chi connectivity index (χ1n) is 4.47. The molecule has 0 aliphatic rings. The van der Waals surface area contributed by atoms with Crippen LogP contribution in [0.4, 0.5) is 5.69 Å². The molecule has 0 spiro atoms. The third kappa shape index (κ3) is 2.58. The lowest BCUT2D eigenvalue weighted by atomic mass is 10.0. The second-order valence-corrected chi connectivity index (χ2v) is 3.42. The molecule has 0 aromatic heterocycles. The maximum atomic E-state index is 10.9. The first kappa shape index (κ1) is 9.78. The lowest BCUT2D eigenvalue weighted by molar-refractivity contribution is -0.114. The Morgan fingerprint density at radius 3 is 2.46 bits per heavy atom. The summed E-state index contributed by atoms with van der Waals surface area (Å²) in [5, 5.41) is 2.82. The molecule has 2 nitrogen and oxygen atoms in total. The van der Waals surface area contributed by atoms with E-state index in [1.165, 1.54) is 12.5 Å². The average molecular weight is 177 g/mol. The molecule has 1 aromatic rings. The molecule has 13 heavy (non-hydrogen) atoms. The Morgan fingerprint density at radius 2 is 1.92 bits per heavy atom. The van der Waals surface area contributed by atoms with Gasteiger partial charge in [0.25, 0.3) is 0 Å². The van der Waals surface area contributed by atoms with Crippen LogP contribution >= 0.6 is 0 Å². The summed E-state index contributed by atoms with van der Waals surface area (Å²) in [5.41, 5.74) is 2.10. The summed E-state index contributed by atoms with van der Waals surface area (Å²) in [5.74, 6) is 0.413. The Kier molecular flexibility index (Phi) is 3.07. The predicted molar refractivity (Wildman–Crippen MR) is 54.8 cm³/mol. The lowest BCUT2D eigenvalue weighted by Crippen LogP contribution is -2.08. The Bertz CT molecular complexity index is 305. The van der Waals surface area contributed by atoms with E-state index >= 15 is 0 Å². The smallest absolute Gasteiger partial charge is 0.221 e. The standard InChI is InChI=1S/C11H15NO/c1-8(2)10-6-4-5-7-11(10)12-9(3)13/h4-8H,1-3H3,(H,12,13). The summed E-state index contributed by atoms with van der Waals surface area (Å²) in [4.78, 5) is 10.9. The van der Waals surface area contributed by atoms with E-state index < -0.39 is 0 Å². The fraction of sp³-hybridized carbons (Fsp3) is 0.364. The van der Waals surface area contributed by atoms with E-state index in [1.807, 2.05) is 24.3 Å². The zero-order valence-electron chi connectivity index (χ0n) is 8.29. The predicted octanol–water partition coefficient (Wildman–Crippen LogP) is 2.77. The second kappa shape index (κ2) is 4.08. The first-order valence-corrected chi connectivity index (χ1v) is 4.47. The topological polar surface area (TPSA) is 29.1 Å². The van der Waals surface area contributed by atoms with Crippen LogP contribution in [0.25, 0.3) is 0 Å². The van der Waals surface area contributed by atoms with E-state index in [1.54, 1.807) is 0 Å². The summed E-state index contributed by atoms with van der Waals surface area (Å²) >= 11 is 0. The number of carbonyl (C=O) groups is 1. The van der Waals surface area contributed by atoms with E-state index in [0.29, 0.717) is 5.92 Å². The fourth-order valence-corrected chi connectivity index (χ4v) is 1.30. The highest BCUT2D eigenvalue weighted by Gasteiger charge is 2.05. The average Bonchev–Trinajstić information content (AvgIpc) is 2.03. The van der Waals surface area contributed by atoms with Crippen molar-refractivity contribution in [3.63, 3.8) is 0 Å². The quantitative estimate of drug-likeness (QED) is 0.739. The number of para-hydroxylation sites is 1. The van der Waals surface area contributed by atoms with Gasteiger partial charge in [0.05, 0.1) is 0 Å². The molecular formula is C11H15NO. The molecule has 0 aliphatic carbocycles. The van der Waals surface area contributed by atoms with Crippen LogP contribution < -0.4 is 5.32 Å². The molecule has 1 N–H and O–H groups in total. The Balaban J connectivity index is 2.97. The third-order valence-electron chi connectivity index (χ3n) is 1.89. The van der Waals surface area contributed by atoms with Gasteiger partial charge in [0.1, 0.15) is 0 Å². The maximum absolute atomic E-state index is 10.9. The van der Waals surface area contributed by atoms with Crippen molar-refractivity contribution < 1.29 is 4.79 Å². The van der Waals surface area contributed by atoms with Crippen molar-refractivity contribution >= 4 is 11.6 Å². The minimum absolute atomic E-state index is 0.0203. The zero-order valence-corrected chi connectivity index (χ0v) is 8.29. The second-order valence-electron chi connectivity index (χ2n) is 3.42. The molecule has 70 valence electrons. The lowest BCUT2D eigenvalue weighted by Gasteiger charge is -2.12. The number of rotatable bonds is 2. The van der Waals surface area contributed by atoms with Gasteiger partial charge < -0.3 is 5.32 Å². The van der Waals surface area contributed by atoms with Gasteiger partial charge in [-0.15, -0.1) is 0 Å². The highest BCUT2D eigenvalue weighted by Crippen LogP contribution is 2.23. The zero-order chi connectivity index (χ0) is 9.84. The van der Waals surface area contributed by atoms with Crippen molar-refractivity contribution in [1.82, 2.24) is 0 Å². The molecule has 0 radical (unpaired) electrons. The molecule has 0 fully saturated rings. The number of hydrogen-bond donors (Lipinski definition) is 1. The molecular weight excluding hydrogens is 162 g/mol. The third-order valence-corrected chi connectivity index (χ3v) is 1.89. The summed E-state index contributed by atoms with van der Waals surface area (Å²) in [7, 11) is 0. The van der Waals surface area contributed by atoms with Gasteiger partial charge in [0, 0.05) is 12.6 Å². The van der Waals surface area contributed by atoms with Gasteiger partial charge in [-0.05, 0) is 17.5 Å². The van der Waals surface area contributed by atoms with E-state index in [4.69, 9.17) is 0 Å². The van der Waals surface area contributed by atoms with Crippen LogP contribution in [-0.2, 0) is 4.79 Å². The highest BCUT2D eigenvalue weighted by molar-refractivity contribution is 5.89. The van der Waals surface area contributed by atoms with Crippen molar-refractivity contribution in [2.75, 3.05) is 5.32 Å². The van der Waals surface area contributed by atoms with Crippen LogP contribution in [0.2, 0.25) is 0 Å². The molecule has 1 rings (SSSR count). The number of carbonyl (C=O) groups excluding carboxylic acids is 1. The molecule has 0 heterocycles. The molecule has 0 aliphatic heterocycles. The van der Waals surface area contributed by atoms with E-state index in [0.717, 1.165) is 5.69 Å². The highest BCUT2D eigenvalue weighted by atomic mass is 16.1. The van der Waals surface area contributed by atoms with Gasteiger partial charge in [-0.2, -0.15) is 0 Å². The van der Waals surface area contributed by atoms with Crippen LogP contribution in [0.15, 0.2) is 24.3 Å². The molecule has 0 saturated carbocycles. The van der Waals surface area contributed by atoms with Crippen molar-refractivity contribution in [2.24, 2.45) is 0 Å². The van der Waals surface area contributed by atoms with Gasteiger partial charge in [0.15, 0.2) is 0 Å².